The topological polar surface area (TPSA) is 94.6 Å². The molecule has 0 aliphatic carbocycles. The van der Waals surface area contributed by atoms with Gasteiger partial charge in [0.15, 0.2) is 11.6 Å². The second-order valence-corrected chi connectivity index (χ2v) is 4.68. The minimum Gasteiger partial charge on any atom is -0.494 e. The number of hydrogen-bond donors (Lipinski definition) is 4. The van der Waals surface area contributed by atoms with Crippen molar-refractivity contribution < 1.29 is 19.7 Å². The first-order valence-electron chi connectivity index (χ1n) is 6.22. The third-order valence-corrected chi connectivity index (χ3v) is 3.17. The van der Waals surface area contributed by atoms with Gasteiger partial charge in [0.05, 0.1) is 25.0 Å². The molecule has 112 valence electrons. The molecule has 1 aromatic heterocycles. The number of aromatic amines is 1. The van der Waals surface area contributed by atoms with E-state index in [0.29, 0.717) is 21.8 Å². The number of aromatic nitrogens is 1. The highest BCUT2D eigenvalue weighted by molar-refractivity contribution is 6.30. The summed E-state index contributed by atoms with van der Waals surface area (Å²) in [7, 11) is 1.25. The summed E-state index contributed by atoms with van der Waals surface area (Å²) in [6.07, 6.45) is 0. The molecule has 21 heavy (non-hydrogen) atoms. The molecule has 0 unspecified atom stereocenters. The number of ether oxygens (including phenoxy) is 1. The molecule has 0 saturated heterocycles. The molecule has 1 aromatic carbocycles. The molecular weight excluding hydrogens is 296 g/mol. The summed E-state index contributed by atoms with van der Waals surface area (Å²) in [5.41, 5.74) is 1.55. The number of nitrogens with one attached hydrogen (secondary N) is 2. The summed E-state index contributed by atoms with van der Waals surface area (Å²) in [5, 5.41) is 22.5. The average Bonchev–Trinajstić information content (AvgIpc) is 2.82. The van der Waals surface area contributed by atoms with E-state index in [9.17, 15) is 9.90 Å². The van der Waals surface area contributed by atoms with E-state index in [0.717, 1.165) is 0 Å². The number of anilines is 1. The molecule has 0 aliphatic rings. The van der Waals surface area contributed by atoms with Crippen LogP contribution in [0.2, 0.25) is 5.02 Å². The first kappa shape index (κ1) is 15.2. The van der Waals surface area contributed by atoms with Gasteiger partial charge in [-0.3, -0.25) is 0 Å². The van der Waals surface area contributed by atoms with Crippen LogP contribution >= 0.6 is 11.6 Å². The Kier molecular flexibility index (Phi) is 4.72. The average molecular weight is 311 g/mol. The predicted octanol–water partition coefficient (Wildman–Crippen LogP) is 2.23. The minimum atomic E-state index is -0.619. The van der Waals surface area contributed by atoms with E-state index in [1.807, 2.05) is 0 Å². The van der Waals surface area contributed by atoms with Crippen molar-refractivity contribution in [3.63, 3.8) is 0 Å². The van der Waals surface area contributed by atoms with Gasteiger partial charge in [-0.25, -0.2) is 4.79 Å². The van der Waals surface area contributed by atoms with Gasteiger partial charge in [-0.15, -0.1) is 0 Å². The number of hydrogen-bond acceptors (Lipinski definition) is 5. The number of esters is 1. The first-order valence-corrected chi connectivity index (χ1v) is 6.60. The molecule has 0 fully saturated rings. The maximum atomic E-state index is 11.8. The Balaban J connectivity index is 2.55. The van der Waals surface area contributed by atoms with Gasteiger partial charge in [-0.05, 0) is 17.7 Å². The summed E-state index contributed by atoms with van der Waals surface area (Å²) in [4.78, 5) is 14.4. The molecule has 0 spiro atoms. The van der Waals surface area contributed by atoms with Gasteiger partial charge in [0.2, 0.25) is 0 Å². The molecule has 0 atom stereocenters. The van der Waals surface area contributed by atoms with Crippen molar-refractivity contribution in [3.8, 4) is 17.0 Å². The van der Waals surface area contributed by atoms with E-state index in [-0.39, 0.29) is 24.7 Å². The van der Waals surface area contributed by atoms with Crippen LogP contribution in [0, 0.1) is 0 Å². The maximum absolute atomic E-state index is 11.8. The second kappa shape index (κ2) is 6.51. The van der Waals surface area contributed by atoms with Crippen LogP contribution in [0.15, 0.2) is 24.3 Å². The van der Waals surface area contributed by atoms with Gasteiger partial charge in [0, 0.05) is 11.6 Å². The third kappa shape index (κ3) is 3.12. The zero-order valence-corrected chi connectivity index (χ0v) is 12.1. The van der Waals surface area contributed by atoms with Crippen molar-refractivity contribution in [3.05, 3.63) is 35.0 Å². The van der Waals surface area contributed by atoms with Gasteiger partial charge >= 0.3 is 5.97 Å². The van der Waals surface area contributed by atoms with E-state index in [4.69, 9.17) is 16.7 Å². The van der Waals surface area contributed by atoms with Crippen LogP contribution in [0.3, 0.4) is 0 Å². The first-order chi connectivity index (χ1) is 10.1. The number of rotatable bonds is 5. The number of methoxy groups -OCH3 is 1. The highest BCUT2D eigenvalue weighted by Crippen LogP contribution is 2.39. The molecule has 0 amide bonds. The Labute approximate surface area is 126 Å². The Hall–Kier alpha value is -2.18. The maximum Gasteiger partial charge on any atom is 0.356 e. The number of aromatic hydroxyl groups is 1. The number of halogens is 1. The smallest absolute Gasteiger partial charge is 0.356 e. The van der Waals surface area contributed by atoms with E-state index in [1.165, 1.54) is 7.11 Å². The van der Waals surface area contributed by atoms with Crippen LogP contribution in [0.1, 0.15) is 10.5 Å². The number of aliphatic hydroxyl groups excluding tert-OH is 1. The highest BCUT2D eigenvalue weighted by Gasteiger charge is 2.23. The lowest BCUT2D eigenvalue weighted by atomic mass is 10.1. The van der Waals surface area contributed by atoms with Crippen molar-refractivity contribution in [2.24, 2.45) is 0 Å². The Morgan fingerprint density at radius 3 is 2.62 bits per heavy atom. The second-order valence-electron chi connectivity index (χ2n) is 4.25. The minimum absolute atomic E-state index is 0.0911. The molecule has 6 nitrogen and oxygen atoms in total. The number of aliphatic hydroxyl groups is 1. The fourth-order valence-corrected chi connectivity index (χ4v) is 2.12. The largest absolute Gasteiger partial charge is 0.494 e. The van der Waals surface area contributed by atoms with E-state index < -0.39 is 5.97 Å². The molecule has 0 radical (unpaired) electrons. The summed E-state index contributed by atoms with van der Waals surface area (Å²) in [6, 6.07) is 6.79. The van der Waals surface area contributed by atoms with Crippen molar-refractivity contribution in [2.45, 2.75) is 0 Å². The third-order valence-electron chi connectivity index (χ3n) is 2.92. The normalized spacial score (nSPS) is 10.4. The van der Waals surface area contributed by atoms with Crippen LogP contribution in [-0.2, 0) is 4.74 Å². The summed E-state index contributed by atoms with van der Waals surface area (Å²) >= 11 is 5.85. The SMILES string of the molecule is COC(=O)c1[nH]c(O)c(-c2ccc(Cl)cc2)c1NCCO. The van der Waals surface area contributed by atoms with Gasteiger partial charge in [-0.2, -0.15) is 0 Å². The monoisotopic (exact) mass is 310 g/mol. The van der Waals surface area contributed by atoms with Crippen molar-refractivity contribution in [1.82, 2.24) is 4.98 Å². The van der Waals surface area contributed by atoms with Gasteiger partial charge in [-0.1, -0.05) is 23.7 Å². The van der Waals surface area contributed by atoms with Gasteiger partial charge in [0.1, 0.15) is 0 Å². The predicted molar refractivity (Wildman–Crippen MR) is 79.8 cm³/mol. The molecule has 0 bridgehead atoms. The van der Waals surface area contributed by atoms with E-state index in [1.54, 1.807) is 24.3 Å². The Bertz CT molecular complexity index is 637. The molecule has 2 aromatic rings. The molecule has 2 rings (SSSR count). The summed E-state index contributed by atoms with van der Waals surface area (Å²) in [5.74, 6) is -0.788. The molecule has 0 aliphatic heterocycles. The van der Waals surface area contributed by atoms with Gasteiger partial charge < -0.3 is 25.3 Å². The quantitative estimate of drug-likeness (QED) is 0.635. The number of carbonyl (C=O) groups excluding carboxylic acids is 1. The summed E-state index contributed by atoms with van der Waals surface area (Å²) < 4.78 is 4.68. The van der Waals surface area contributed by atoms with Crippen LogP contribution in [0.5, 0.6) is 5.88 Å². The van der Waals surface area contributed by atoms with E-state index >= 15 is 0 Å². The molecule has 1 heterocycles. The number of H-pyrrole nitrogens is 1. The highest BCUT2D eigenvalue weighted by atomic mass is 35.5. The Morgan fingerprint density at radius 2 is 2.05 bits per heavy atom. The number of carbonyl (C=O) groups is 1. The zero-order chi connectivity index (χ0) is 15.4. The lowest BCUT2D eigenvalue weighted by Crippen LogP contribution is -2.11. The molecule has 7 heteroatoms. The van der Waals surface area contributed by atoms with Crippen molar-refractivity contribution in [1.29, 1.82) is 0 Å². The van der Waals surface area contributed by atoms with Crippen LogP contribution in [0.4, 0.5) is 5.69 Å². The lowest BCUT2D eigenvalue weighted by Gasteiger charge is -2.09. The fourth-order valence-electron chi connectivity index (χ4n) is 2.00. The molecule has 4 N–H and O–H groups in total. The molecular formula is C14H15ClN2O4. The lowest BCUT2D eigenvalue weighted by molar-refractivity contribution is 0.0595. The van der Waals surface area contributed by atoms with Crippen LogP contribution in [0.25, 0.3) is 11.1 Å². The standard InChI is InChI=1S/C14H15ClN2O4/c1-21-14(20)12-11(16-6-7-18)10(13(19)17-12)8-2-4-9(15)5-3-8/h2-5,16-19H,6-7H2,1H3. The van der Waals surface area contributed by atoms with Crippen molar-refractivity contribution >= 4 is 23.3 Å². The number of benzene rings is 1. The van der Waals surface area contributed by atoms with Crippen LogP contribution in [-0.4, -0.2) is 41.4 Å². The van der Waals surface area contributed by atoms with Gasteiger partial charge in [0.25, 0.3) is 0 Å². The van der Waals surface area contributed by atoms with Crippen LogP contribution < -0.4 is 5.32 Å². The van der Waals surface area contributed by atoms with E-state index in [2.05, 4.69) is 15.0 Å². The Morgan fingerprint density at radius 1 is 1.38 bits per heavy atom. The van der Waals surface area contributed by atoms with Crippen molar-refractivity contribution in [2.75, 3.05) is 25.6 Å². The summed E-state index contributed by atoms with van der Waals surface area (Å²) in [6.45, 7) is 0.106. The fraction of sp³-hybridized carbons (Fsp3) is 0.214. The molecule has 0 saturated carbocycles. The zero-order valence-electron chi connectivity index (χ0n) is 11.3.